The lowest BCUT2D eigenvalue weighted by Gasteiger charge is -2.32. The average molecular weight is 344 g/mol. The second kappa shape index (κ2) is 8.02. The number of hydrogen-bond donors (Lipinski definition) is 1. The Hall–Kier alpha value is -2.54. The fourth-order valence-electron chi connectivity index (χ4n) is 3.03. The number of hydrogen-bond acceptors (Lipinski definition) is 5. The third-order valence-electron chi connectivity index (χ3n) is 4.19. The summed E-state index contributed by atoms with van der Waals surface area (Å²) in [5.41, 5.74) is 0.703. The van der Waals surface area contributed by atoms with E-state index >= 15 is 0 Å². The molecule has 0 radical (unpaired) electrons. The predicted molar refractivity (Wildman–Crippen MR) is 91.0 cm³/mol. The zero-order valence-corrected chi connectivity index (χ0v) is 14.1. The number of aromatic nitrogens is 2. The van der Waals surface area contributed by atoms with Crippen molar-refractivity contribution in [3.63, 3.8) is 0 Å². The van der Waals surface area contributed by atoms with Gasteiger partial charge in [-0.05, 0) is 32.0 Å². The van der Waals surface area contributed by atoms with Gasteiger partial charge in [0.15, 0.2) is 0 Å². The predicted octanol–water partition coefficient (Wildman–Crippen LogP) is 2.33. The number of piperidine rings is 1. The normalized spacial score (nSPS) is 17.4. The molecule has 25 heavy (non-hydrogen) atoms. The molecule has 1 saturated heterocycles. The van der Waals surface area contributed by atoms with E-state index < -0.39 is 0 Å². The summed E-state index contributed by atoms with van der Waals surface area (Å²) in [6.45, 7) is 1.65. The van der Waals surface area contributed by atoms with E-state index in [2.05, 4.69) is 15.3 Å². The lowest BCUT2D eigenvalue weighted by atomic mass is 9.94. The van der Waals surface area contributed by atoms with Crippen LogP contribution < -0.4 is 10.1 Å². The minimum Gasteiger partial charge on any atom is -0.437 e. The van der Waals surface area contributed by atoms with Gasteiger partial charge in [-0.2, -0.15) is 0 Å². The molecular weight excluding hydrogens is 323 g/mol. The molecule has 1 aromatic heterocycles. The topological polar surface area (TPSA) is 67.4 Å². The van der Waals surface area contributed by atoms with Gasteiger partial charge in [-0.1, -0.05) is 6.07 Å². The number of benzene rings is 1. The van der Waals surface area contributed by atoms with Crippen LogP contribution in [0.1, 0.15) is 24.5 Å². The van der Waals surface area contributed by atoms with Crippen molar-refractivity contribution in [3.8, 4) is 11.6 Å². The molecule has 1 aromatic carbocycles. The molecule has 1 aliphatic rings. The highest BCUT2D eigenvalue weighted by molar-refractivity contribution is 5.78. The van der Waals surface area contributed by atoms with Crippen LogP contribution in [0.15, 0.2) is 36.7 Å². The zero-order valence-electron chi connectivity index (χ0n) is 14.1. The number of halogens is 1. The number of nitrogens with zero attached hydrogens (tertiary/aromatic N) is 3. The highest BCUT2D eigenvalue weighted by Crippen LogP contribution is 2.32. The first-order chi connectivity index (χ1) is 12.2. The SMILES string of the molecule is CNCC(=O)N1CCC[C@@H](c2nccnc2Oc2cccc(F)c2)C1. The third-order valence-corrected chi connectivity index (χ3v) is 4.19. The summed E-state index contributed by atoms with van der Waals surface area (Å²) in [6, 6.07) is 5.92. The monoisotopic (exact) mass is 344 g/mol. The number of nitrogens with one attached hydrogen (secondary N) is 1. The fourth-order valence-corrected chi connectivity index (χ4v) is 3.03. The third kappa shape index (κ3) is 4.30. The molecular formula is C18H21FN4O2. The first-order valence-electron chi connectivity index (χ1n) is 8.34. The van der Waals surface area contributed by atoms with Crippen molar-refractivity contribution < 1.29 is 13.9 Å². The molecule has 1 atom stereocenters. The van der Waals surface area contributed by atoms with Crippen molar-refractivity contribution in [1.29, 1.82) is 0 Å². The molecule has 0 unspecified atom stereocenters. The molecule has 132 valence electrons. The van der Waals surface area contributed by atoms with Gasteiger partial charge in [0, 0.05) is 37.5 Å². The Balaban J connectivity index is 1.79. The quantitative estimate of drug-likeness (QED) is 0.902. The minimum absolute atomic E-state index is 0.0480. The summed E-state index contributed by atoms with van der Waals surface area (Å²) in [5.74, 6) is 0.488. The summed E-state index contributed by atoms with van der Waals surface area (Å²) in [6.07, 6.45) is 4.96. The Bertz CT molecular complexity index is 741. The van der Waals surface area contributed by atoms with Crippen molar-refractivity contribution in [2.45, 2.75) is 18.8 Å². The van der Waals surface area contributed by atoms with E-state index in [4.69, 9.17) is 4.74 Å². The number of likely N-dealkylation sites (N-methyl/N-ethyl adjacent to an activating group) is 1. The summed E-state index contributed by atoms with van der Waals surface area (Å²) >= 11 is 0. The maximum absolute atomic E-state index is 13.4. The van der Waals surface area contributed by atoms with Crippen LogP contribution >= 0.6 is 0 Å². The smallest absolute Gasteiger partial charge is 0.241 e. The molecule has 2 aromatic rings. The molecule has 7 heteroatoms. The summed E-state index contributed by atoms with van der Waals surface area (Å²) in [7, 11) is 1.76. The van der Waals surface area contributed by atoms with Gasteiger partial charge in [-0.25, -0.2) is 9.37 Å². The van der Waals surface area contributed by atoms with Crippen molar-refractivity contribution >= 4 is 5.91 Å². The van der Waals surface area contributed by atoms with E-state index in [-0.39, 0.29) is 17.6 Å². The number of ether oxygens (including phenoxy) is 1. The van der Waals surface area contributed by atoms with E-state index in [0.717, 1.165) is 19.4 Å². The van der Waals surface area contributed by atoms with Crippen LogP contribution in [0, 0.1) is 5.82 Å². The standard InChI is InChI=1S/C18H21FN4O2/c1-20-11-16(24)23-9-3-4-13(12-23)17-18(22-8-7-21-17)25-15-6-2-5-14(19)10-15/h2,5-8,10,13,20H,3-4,9,11-12H2,1H3/t13-/m1/s1. The molecule has 0 aliphatic carbocycles. The van der Waals surface area contributed by atoms with Gasteiger partial charge in [0.25, 0.3) is 0 Å². The maximum Gasteiger partial charge on any atom is 0.241 e. The summed E-state index contributed by atoms with van der Waals surface area (Å²) in [4.78, 5) is 22.7. The molecule has 6 nitrogen and oxygen atoms in total. The second-order valence-corrected chi connectivity index (χ2v) is 6.02. The van der Waals surface area contributed by atoms with Crippen molar-refractivity contribution in [1.82, 2.24) is 20.2 Å². The molecule has 1 N–H and O–H groups in total. The van der Waals surface area contributed by atoms with Gasteiger partial charge < -0.3 is 15.0 Å². The van der Waals surface area contributed by atoms with Crippen LogP contribution in [0.2, 0.25) is 0 Å². The van der Waals surface area contributed by atoms with E-state index in [1.165, 1.54) is 12.1 Å². The summed E-state index contributed by atoms with van der Waals surface area (Å²) in [5, 5.41) is 2.89. The Kier molecular flexibility index (Phi) is 5.55. The van der Waals surface area contributed by atoms with E-state index in [0.29, 0.717) is 30.4 Å². The number of carbonyl (C=O) groups is 1. The van der Waals surface area contributed by atoms with Crippen molar-refractivity contribution in [2.75, 3.05) is 26.7 Å². The lowest BCUT2D eigenvalue weighted by molar-refractivity contribution is -0.131. The highest BCUT2D eigenvalue weighted by Gasteiger charge is 2.28. The van der Waals surface area contributed by atoms with Crippen molar-refractivity contribution in [3.05, 3.63) is 48.2 Å². The molecule has 0 spiro atoms. The van der Waals surface area contributed by atoms with Crippen LogP contribution in [0.25, 0.3) is 0 Å². The Labute approximate surface area is 146 Å². The largest absolute Gasteiger partial charge is 0.437 e. The minimum atomic E-state index is -0.371. The van der Waals surface area contributed by atoms with Crippen LogP contribution in [0.4, 0.5) is 4.39 Å². The van der Waals surface area contributed by atoms with Crippen molar-refractivity contribution in [2.24, 2.45) is 0 Å². The van der Waals surface area contributed by atoms with E-state index in [1.807, 2.05) is 4.90 Å². The number of rotatable bonds is 5. The Morgan fingerprint density at radius 2 is 2.24 bits per heavy atom. The van der Waals surface area contributed by atoms with E-state index in [1.54, 1.807) is 31.6 Å². The Morgan fingerprint density at radius 3 is 3.04 bits per heavy atom. The molecule has 1 aliphatic heterocycles. The van der Waals surface area contributed by atoms with Gasteiger partial charge in [-0.3, -0.25) is 9.78 Å². The second-order valence-electron chi connectivity index (χ2n) is 6.02. The highest BCUT2D eigenvalue weighted by atomic mass is 19.1. The molecule has 1 amide bonds. The number of carbonyl (C=O) groups excluding carboxylic acids is 1. The van der Waals surface area contributed by atoms with Gasteiger partial charge in [0.05, 0.1) is 6.54 Å². The Morgan fingerprint density at radius 1 is 1.40 bits per heavy atom. The van der Waals surface area contributed by atoms with Gasteiger partial charge in [-0.15, -0.1) is 0 Å². The first-order valence-corrected chi connectivity index (χ1v) is 8.34. The van der Waals surface area contributed by atoms with Gasteiger partial charge in [0.1, 0.15) is 17.3 Å². The van der Waals surface area contributed by atoms with Crippen LogP contribution in [-0.4, -0.2) is 47.5 Å². The van der Waals surface area contributed by atoms with Crippen LogP contribution in [0.5, 0.6) is 11.6 Å². The first kappa shape index (κ1) is 17.3. The number of amides is 1. The number of likely N-dealkylation sites (tertiary alicyclic amines) is 1. The van der Waals surface area contributed by atoms with Gasteiger partial charge in [0.2, 0.25) is 11.8 Å². The van der Waals surface area contributed by atoms with Crippen LogP contribution in [0.3, 0.4) is 0 Å². The molecule has 2 heterocycles. The zero-order chi connectivity index (χ0) is 17.6. The molecule has 1 fully saturated rings. The molecule has 0 bridgehead atoms. The van der Waals surface area contributed by atoms with Gasteiger partial charge >= 0.3 is 0 Å². The van der Waals surface area contributed by atoms with Crippen LogP contribution in [-0.2, 0) is 4.79 Å². The molecule has 0 saturated carbocycles. The molecule has 3 rings (SSSR count). The fraction of sp³-hybridized carbons (Fsp3) is 0.389. The summed E-state index contributed by atoms with van der Waals surface area (Å²) < 4.78 is 19.1. The average Bonchev–Trinajstić information content (AvgIpc) is 2.62. The maximum atomic E-state index is 13.4. The van der Waals surface area contributed by atoms with E-state index in [9.17, 15) is 9.18 Å². The lowest BCUT2D eigenvalue weighted by Crippen LogP contribution is -2.43.